The summed E-state index contributed by atoms with van der Waals surface area (Å²) in [6, 6.07) is 21.5. The van der Waals surface area contributed by atoms with Crippen molar-refractivity contribution in [3.63, 3.8) is 0 Å². The van der Waals surface area contributed by atoms with Gasteiger partial charge < -0.3 is 9.84 Å². The van der Waals surface area contributed by atoms with Crippen molar-refractivity contribution < 1.29 is 9.32 Å². The molecule has 1 amide bonds. The maximum absolute atomic E-state index is 12.3. The largest absolute Gasteiger partial charge is 0.355 e. The molecule has 1 N–H and O–H groups in total. The average Bonchev–Trinajstić information content (AvgIpc) is 3.14. The van der Waals surface area contributed by atoms with E-state index in [0.29, 0.717) is 18.0 Å². The predicted molar refractivity (Wildman–Crippen MR) is 93.7 cm³/mol. The lowest BCUT2D eigenvalue weighted by Gasteiger charge is -2.15. The summed E-state index contributed by atoms with van der Waals surface area (Å²) < 4.78 is 5.28. The Labute approximate surface area is 141 Å². The van der Waals surface area contributed by atoms with E-state index >= 15 is 0 Å². The van der Waals surface area contributed by atoms with Gasteiger partial charge >= 0.3 is 0 Å². The van der Waals surface area contributed by atoms with Crippen LogP contribution in [0.2, 0.25) is 0 Å². The molecule has 1 unspecified atom stereocenters. The van der Waals surface area contributed by atoms with Crippen LogP contribution in [0, 0.1) is 0 Å². The zero-order valence-electron chi connectivity index (χ0n) is 13.6. The molecular weight excluding hydrogens is 300 g/mol. The van der Waals surface area contributed by atoms with Gasteiger partial charge in [0.1, 0.15) is 0 Å². The monoisotopic (exact) mass is 320 g/mol. The summed E-state index contributed by atoms with van der Waals surface area (Å²) in [6.07, 6.45) is 0.957. The third kappa shape index (κ3) is 3.71. The quantitative estimate of drug-likeness (QED) is 0.738. The highest BCUT2D eigenvalue weighted by Crippen LogP contribution is 2.20. The van der Waals surface area contributed by atoms with Crippen LogP contribution in [-0.2, 0) is 0 Å². The first kappa shape index (κ1) is 16.0. The van der Waals surface area contributed by atoms with Gasteiger partial charge in [0.15, 0.2) is 11.5 Å². The summed E-state index contributed by atoms with van der Waals surface area (Å²) >= 11 is 0. The van der Waals surface area contributed by atoms with Crippen molar-refractivity contribution in [2.45, 2.75) is 19.3 Å². The molecule has 24 heavy (non-hydrogen) atoms. The van der Waals surface area contributed by atoms with Gasteiger partial charge in [-0.1, -0.05) is 72.7 Å². The Hall–Kier alpha value is -2.88. The van der Waals surface area contributed by atoms with Crippen molar-refractivity contribution in [2.75, 3.05) is 6.54 Å². The fourth-order valence-electron chi connectivity index (χ4n) is 2.65. The number of benzene rings is 2. The van der Waals surface area contributed by atoms with E-state index in [1.165, 1.54) is 5.56 Å². The summed E-state index contributed by atoms with van der Waals surface area (Å²) in [6.45, 7) is 2.69. The highest BCUT2D eigenvalue weighted by Gasteiger charge is 2.16. The molecule has 4 nitrogen and oxygen atoms in total. The van der Waals surface area contributed by atoms with Gasteiger partial charge in [-0.05, 0) is 12.0 Å². The lowest BCUT2D eigenvalue weighted by Crippen LogP contribution is -2.28. The molecule has 3 aromatic rings. The van der Waals surface area contributed by atoms with Gasteiger partial charge in [-0.3, -0.25) is 4.79 Å². The Bertz CT molecular complexity index is 782. The molecule has 0 fully saturated rings. The summed E-state index contributed by atoms with van der Waals surface area (Å²) in [5.41, 5.74) is 2.43. The van der Waals surface area contributed by atoms with Crippen LogP contribution in [0.25, 0.3) is 11.3 Å². The molecule has 0 radical (unpaired) electrons. The Morgan fingerprint density at radius 3 is 2.42 bits per heavy atom. The number of nitrogens with one attached hydrogen (secondary N) is 1. The Kier molecular flexibility index (Phi) is 5.06. The molecule has 2 aromatic carbocycles. The number of rotatable bonds is 6. The normalized spacial score (nSPS) is 11.9. The van der Waals surface area contributed by atoms with Crippen molar-refractivity contribution in [3.05, 3.63) is 78.0 Å². The number of aromatic nitrogens is 1. The van der Waals surface area contributed by atoms with Gasteiger partial charge in [0, 0.05) is 24.1 Å². The van der Waals surface area contributed by atoms with Crippen LogP contribution in [0.3, 0.4) is 0 Å². The molecule has 1 atom stereocenters. The molecule has 1 aromatic heterocycles. The standard InChI is InChI=1S/C20H20N2O2/c1-2-15(16-9-5-3-6-10-16)14-21-20(23)18-13-19(24-22-18)17-11-7-4-8-12-17/h3-13,15H,2,14H2,1H3,(H,21,23). The van der Waals surface area contributed by atoms with E-state index in [1.54, 1.807) is 6.07 Å². The summed E-state index contributed by atoms with van der Waals surface area (Å²) in [5.74, 6) is 0.668. The summed E-state index contributed by atoms with van der Waals surface area (Å²) in [4.78, 5) is 12.3. The smallest absolute Gasteiger partial charge is 0.273 e. The average molecular weight is 320 g/mol. The molecule has 0 bridgehead atoms. The minimum atomic E-state index is -0.213. The van der Waals surface area contributed by atoms with Crippen molar-refractivity contribution in [1.82, 2.24) is 10.5 Å². The molecule has 0 aliphatic rings. The topological polar surface area (TPSA) is 55.1 Å². The zero-order valence-corrected chi connectivity index (χ0v) is 13.6. The van der Waals surface area contributed by atoms with Gasteiger partial charge in [0.2, 0.25) is 0 Å². The number of hydrogen-bond acceptors (Lipinski definition) is 3. The maximum Gasteiger partial charge on any atom is 0.273 e. The van der Waals surface area contributed by atoms with Crippen molar-refractivity contribution in [2.24, 2.45) is 0 Å². The molecule has 4 heteroatoms. The second-order valence-electron chi connectivity index (χ2n) is 5.67. The van der Waals surface area contributed by atoms with Gasteiger partial charge in [-0.15, -0.1) is 0 Å². The molecule has 0 aliphatic heterocycles. The van der Waals surface area contributed by atoms with Gasteiger partial charge in [-0.25, -0.2) is 0 Å². The van der Waals surface area contributed by atoms with E-state index in [2.05, 4.69) is 29.5 Å². The molecule has 0 spiro atoms. The molecule has 1 heterocycles. The molecule has 0 saturated heterocycles. The van der Waals surface area contributed by atoms with Crippen LogP contribution < -0.4 is 5.32 Å². The molecule has 0 saturated carbocycles. The van der Waals surface area contributed by atoms with E-state index in [1.807, 2.05) is 48.5 Å². The first-order valence-corrected chi connectivity index (χ1v) is 8.13. The van der Waals surface area contributed by atoms with Crippen LogP contribution in [0.5, 0.6) is 0 Å². The maximum atomic E-state index is 12.3. The fraction of sp³-hybridized carbons (Fsp3) is 0.200. The highest BCUT2D eigenvalue weighted by atomic mass is 16.5. The Morgan fingerprint density at radius 2 is 1.75 bits per heavy atom. The zero-order chi connectivity index (χ0) is 16.8. The van der Waals surface area contributed by atoms with E-state index in [0.717, 1.165) is 12.0 Å². The van der Waals surface area contributed by atoms with E-state index in [9.17, 15) is 4.79 Å². The highest BCUT2D eigenvalue weighted by molar-refractivity contribution is 5.93. The first-order chi connectivity index (χ1) is 11.8. The third-order valence-corrected chi connectivity index (χ3v) is 4.07. The number of carbonyl (C=O) groups excluding carboxylic acids is 1. The van der Waals surface area contributed by atoms with Crippen LogP contribution in [-0.4, -0.2) is 17.6 Å². The van der Waals surface area contributed by atoms with Crippen LogP contribution >= 0.6 is 0 Å². The molecule has 122 valence electrons. The van der Waals surface area contributed by atoms with Crippen LogP contribution in [0.4, 0.5) is 0 Å². The third-order valence-electron chi connectivity index (χ3n) is 4.07. The van der Waals surface area contributed by atoms with E-state index in [-0.39, 0.29) is 11.8 Å². The minimum absolute atomic E-state index is 0.213. The first-order valence-electron chi connectivity index (χ1n) is 8.13. The molecular formula is C20H20N2O2. The number of hydrogen-bond donors (Lipinski definition) is 1. The predicted octanol–water partition coefficient (Wildman–Crippen LogP) is 4.27. The Morgan fingerprint density at radius 1 is 1.08 bits per heavy atom. The molecule has 0 aliphatic carbocycles. The van der Waals surface area contributed by atoms with Crippen LogP contribution in [0.1, 0.15) is 35.3 Å². The van der Waals surface area contributed by atoms with Gasteiger partial charge in [-0.2, -0.15) is 0 Å². The second-order valence-corrected chi connectivity index (χ2v) is 5.67. The number of amides is 1. The number of nitrogens with zero attached hydrogens (tertiary/aromatic N) is 1. The van der Waals surface area contributed by atoms with Crippen molar-refractivity contribution in [3.8, 4) is 11.3 Å². The van der Waals surface area contributed by atoms with Crippen molar-refractivity contribution in [1.29, 1.82) is 0 Å². The summed E-state index contributed by atoms with van der Waals surface area (Å²) in [7, 11) is 0. The lowest BCUT2D eigenvalue weighted by atomic mass is 9.96. The second kappa shape index (κ2) is 7.59. The van der Waals surface area contributed by atoms with E-state index < -0.39 is 0 Å². The number of carbonyl (C=O) groups is 1. The minimum Gasteiger partial charge on any atom is -0.355 e. The van der Waals surface area contributed by atoms with Crippen molar-refractivity contribution >= 4 is 5.91 Å². The molecule has 3 rings (SSSR count). The summed E-state index contributed by atoms with van der Waals surface area (Å²) in [5, 5.41) is 6.83. The van der Waals surface area contributed by atoms with Gasteiger partial charge in [0.25, 0.3) is 5.91 Å². The fourth-order valence-corrected chi connectivity index (χ4v) is 2.65. The van der Waals surface area contributed by atoms with E-state index in [4.69, 9.17) is 4.52 Å². The SMILES string of the molecule is CCC(CNC(=O)c1cc(-c2ccccc2)on1)c1ccccc1. The Balaban J connectivity index is 1.64. The van der Waals surface area contributed by atoms with Crippen LogP contribution in [0.15, 0.2) is 71.3 Å². The lowest BCUT2D eigenvalue weighted by molar-refractivity contribution is 0.0942. The van der Waals surface area contributed by atoms with Gasteiger partial charge in [0.05, 0.1) is 0 Å².